The third-order valence-corrected chi connectivity index (χ3v) is 11.0. The molecule has 4 aromatic rings. The van der Waals surface area contributed by atoms with Crippen molar-refractivity contribution < 1.29 is 0 Å². The van der Waals surface area contributed by atoms with Gasteiger partial charge in [0.25, 0.3) is 0 Å². The second-order valence-corrected chi connectivity index (χ2v) is 12.6. The molecule has 0 aliphatic heterocycles. The number of hydrogen-bond donors (Lipinski definition) is 0. The average Bonchev–Trinajstić information content (AvgIpc) is 3.46. The van der Waals surface area contributed by atoms with E-state index >= 15 is 0 Å². The van der Waals surface area contributed by atoms with Crippen LogP contribution in [0, 0.1) is 23.7 Å². The van der Waals surface area contributed by atoms with Gasteiger partial charge in [0, 0.05) is 5.41 Å². The topological polar surface area (TPSA) is 0 Å². The van der Waals surface area contributed by atoms with E-state index < -0.39 is 0 Å². The van der Waals surface area contributed by atoms with Gasteiger partial charge in [-0.3, -0.25) is 0 Å². The zero-order valence-corrected chi connectivity index (χ0v) is 20.8. The summed E-state index contributed by atoms with van der Waals surface area (Å²) in [6, 6.07) is 33.5. The number of hydrogen-bond acceptors (Lipinski definition) is 0. The molecule has 4 fully saturated rings. The van der Waals surface area contributed by atoms with Crippen LogP contribution < -0.4 is 0 Å². The molecule has 0 atom stereocenters. The predicted octanol–water partition coefficient (Wildman–Crippen LogP) is 8.57. The van der Waals surface area contributed by atoms with Crippen molar-refractivity contribution in [1.82, 2.24) is 0 Å². The Balaban J connectivity index is 1.26. The van der Waals surface area contributed by atoms with Gasteiger partial charge in [0.2, 0.25) is 0 Å². The fourth-order valence-electron chi connectivity index (χ4n) is 9.82. The number of benzene rings is 4. The molecule has 0 unspecified atom stereocenters. The second-order valence-electron chi connectivity index (χ2n) is 12.6. The van der Waals surface area contributed by atoms with Crippen molar-refractivity contribution in [2.24, 2.45) is 23.7 Å². The van der Waals surface area contributed by atoms with Crippen LogP contribution in [0.5, 0.6) is 0 Å². The Labute approximate surface area is 214 Å². The summed E-state index contributed by atoms with van der Waals surface area (Å²) in [6.07, 6.45) is 9.40. The summed E-state index contributed by atoms with van der Waals surface area (Å²) in [7, 11) is 0. The first kappa shape index (κ1) is 20.0. The molecule has 6 aliphatic carbocycles. The quantitative estimate of drug-likeness (QED) is 0.241. The third-order valence-electron chi connectivity index (χ3n) is 11.0. The normalized spacial score (nSPS) is 30.1. The first-order valence-electron chi connectivity index (χ1n) is 14.2. The van der Waals surface area contributed by atoms with Crippen molar-refractivity contribution in [2.75, 3.05) is 0 Å². The Morgan fingerprint density at radius 2 is 0.972 bits per heavy atom. The summed E-state index contributed by atoms with van der Waals surface area (Å²) in [5, 5.41) is 0. The highest BCUT2D eigenvalue weighted by molar-refractivity contribution is 5.79. The molecule has 0 saturated heterocycles. The van der Waals surface area contributed by atoms with E-state index in [4.69, 9.17) is 0 Å². The van der Waals surface area contributed by atoms with Gasteiger partial charge in [-0.15, -0.1) is 0 Å². The third kappa shape index (κ3) is 2.51. The summed E-state index contributed by atoms with van der Waals surface area (Å²) in [6.45, 7) is 0. The van der Waals surface area contributed by atoms with Gasteiger partial charge in [0.1, 0.15) is 0 Å². The van der Waals surface area contributed by atoms with Gasteiger partial charge in [0.15, 0.2) is 0 Å². The Morgan fingerprint density at radius 1 is 0.444 bits per heavy atom. The predicted molar refractivity (Wildman–Crippen MR) is 147 cm³/mol. The van der Waals surface area contributed by atoms with E-state index in [1.54, 1.807) is 16.7 Å². The lowest BCUT2D eigenvalue weighted by molar-refractivity contribution is -0.0418. The van der Waals surface area contributed by atoms with E-state index in [1.807, 2.05) is 0 Å². The molecule has 36 heavy (non-hydrogen) atoms. The van der Waals surface area contributed by atoms with Gasteiger partial charge in [-0.1, -0.05) is 78.9 Å². The van der Waals surface area contributed by atoms with Crippen LogP contribution in [0.1, 0.15) is 65.5 Å². The minimum atomic E-state index is 0.170. The Bertz CT molecular complexity index is 1520. The van der Waals surface area contributed by atoms with Gasteiger partial charge >= 0.3 is 0 Å². The highest BCUT2D eigenvalue weighted by Gasteiger charge is 2.58. The minimum Gasteiger partial charge on any atom is -0.0619 e. The summed E-state index contributed by atoms with van der Waals surface area (Å²) < 4.78 is 0. The number of rotatable bonds is 2. The van der Waals surface area contributed by atoms with Gasteiger partial charge in [0.05, 0.1) is 0 Å². The molecule has 176 valence electrons. The molecular weight excluding hydrogens is 432 g/mol. The maximum absolute atomic E-state index is 2.65. The minimum absolute atomic E-state index is 0.170. The lowest BCUT2D eigenvalue weighted by Crippen LogP contribution is -2.56. The van der Waals surface area contributed by atoms with Gasteiger partial charge < -0.3 is 0 Å². The van der Waals surface area contributed by atoms with Crippen LogP contribution >= 0.6 is 0 Å². The monoisotopic (exact) mass is 464 g/mol. The molecule has 6 aliphatic rings. The maximum atomic E-state index is 2.65. The molecular formula is C36H32. The maximum Gasteiger partial charge on any atom is 0.0259 e. The van der Waals surface area contributed by atoms with E-state index in [2.05, 4.69) is 84.9 Å². The average molecular weight is 465 g/mol. The second kappa shape index (κ2) is 7.00. The summed E-state index contributed by atoms with van der Waals surface area (Å²) in [5.74, 6) is 3.50. The first-order chi connectivity index (χ1) is 17.8. The fraction of sp³-hybridized carbons (Fsp3) is 0.333. The van der Waals surface area contributed by atoms with Crippen molar-refractivity contribution in [3.8, 4) is 22.3 Å². The molecule has 0 nitrogen and oxygen atoms in total. The Hall–Kier alpha value is -3.12. The molecule has 0 N–H and O–H groups in total. The largest absolute Gasteiger partial charge is 0.0619 e. The molecule has 0 heteroatoms. The van der Waals surface area contributed by atoms with E-state index in [-0.39, 0.29) is 5.41 Å². The zero-order chi connectivity index (χ0) is 23.4. The van der Waals surface area contributed by atoms with Crippen LogP contribution in [0.15, 0.2) is 84.9 Å². The van der Waals surface area contributed by atoms with Crippen molar-refractivity contribution >= 4 is 0 Å². The number of fused-ring (bicyclic) bond motifs is 6. The van der Waals surface area contributed by atoms with Crippen LogP contribution in [-0.4, -0.2) is 0 Å². The van der Waals surface area contributed by atoms with Crippen molar-refractivity contribution in [2.45, 2.75) is 50.4 Å². The van der Waals surface area contributed by atoms with Crippen molar-refractivity contribution in [1.29, 1.82) is 0 Å². The van der Waals surface area contributed by atoms with Gasteiger partial charge in [-0.05, 0) is 130 Å². The van der Waals surface area contributed by atoms with Crippen LogP contribution in [0.4, 0.5) is 0 Å². The lowest BCUT2D eigenvalue weighted by Gasteiger charge is -2.62. The highest BCUT2D eigenvalue weighted by atomic mass is 14.6. The van der Waals surface area contributed by atoms with Gasteiger partial charge in [-0.2, -0.15) is 0 Å². The van der Waals surface area contributed by atoms with Crippen LogP contribution in [0.25, 0.3) is 22.3 Å². The lowest BCUT2D eigenvalue weighted by atomic mass is 9.42. The van der Waals surface area contributed by atoms with Crippen LogP contribution in [0.2, 0.25) is 0 Å². The highest BCUT2D eigenvalue weighted by Crippen LogP contribution is 2.65. The van der Waals surface area contributed by atoms with E-state index in [1.165, 1.54) is 71.0 Å². The van der Waals surface area contributed by atoms with E-state index in [0.29, 0.717) is 0 Å². The molecule has 10 rings (SSSR count). The smallest absolute Gasteiger partial charge is 0.0259 e. The molecule has 0 spiro atoms. The van der Waals surface area contributed by atoms with E-state index in [0.717, 1.165) is 36.5 Å². The molecule has 0 amide bonds. The summed E-state index contributed by atoms with van der Waals surface area (Å²) in [4.78, 5) is 0. The van der Waals surface area contributed by atoms with Crippen LogP contribution in [-0.2, 0) is 18.3 Å². The molecule has 4 aromatic carbocycles. The standard InChI is InChI=1S/C36H32/c1-3-7-32-25(6-1)19-27-20-28(11-12-34(27)32)36(30-14-22-13-23(16-30)17-31(36)15-22)29-10-9-26-18-24-5-2-4-8-33(24)35(26)21-29/h1-12,20-23,30-31H,13-19H2. The van der Waals surface area contributed by atoms with Crippen molar-refractivity contribution in [3.63, 3.8) is 0 Å². The summed E-state index contributed by atoms with van der Waals surface area (Å²) >= 11 is 0. The Morgan fingerprint density at radius 3 is 1.69 bits per heavy atom. The molecule has 0 aromatic heterocycles. The first-order valence-corrected chi connectivity index (χ1v) is 14.2. The zero-order valence-electron chi connectivity index (χ0n) is 20.8. The Kier molecular flexibility index (Phi) is 3.89. The van der Waals surface area contributed by atoms with E-state index in [9.17, 15) is 0 Å². The fourth-order valence-corrected chi connectivity index (χ4v) is 9.82. The summed E-state index contributed by atoms with van der Waals surface area (Å²) in [5.41, 5.74) is 15.4. The van der Waals surface area contributed by atoms with Gasteiger partial charge in [-0.25, -0.2) is 0 Å². The SMILES string of the molecule is c1ccc2c(c1)Cc1cc(C3(c4ccc5c(c4)-c4ccccc4C5)C4CC5CC(C4)CC3C5)ccc1-2. The molecule has 0 radical (unpaired) electrons. The molecule has 4 saturated carbocycles. The molecule has 4 bridgehead atoms. The van der Waals surface area contributed by atoms with Crippen molar-refractivity contribution in [3.05, 3.63) is 118 Å². The molecule has 0 heterocycles. The van der Waals surface area contributed by atoms with Crippen LogP contribution in [0.3, 0.4) is 0 Å².